The molecule has 0 amide bonds. The van der Waals surface area contributed by atoms with Gasteiger partial charge in [-0.05, 0) is 34.5 Å². The van der Waals surface area contributed by atoms with Crippen LogP contribution in [0.3, 0.4) is 0 Å². The summed E-state index contributed by atoms with van der Waals surface area (Å²) in [5, 5.41) is 4.31. The summed E-state index contributed by atoms with van der Waals surface area (Å²) < 4.78 is 12.9. The van der Waals surface area contributed by atoms with E-state index < -0.39 is 0 Å². The Labute approximate surface area is 132 Å². The summed E-state index contributed by atoms with van der Waals surface area (Å²) in [6, 6.07) is 3.44. The Balaban J connectivity index is 2.55. The highest BCUT2D eigenvalue weighted by atomic mass is 79.9. The van der Waals surface area contributed by atoms with E-state index in [1.54, 1.807) is 37.2 Å². The van der Waals surface area contributed by atoms with E-state index in [0.717, 1.165) is 5.69 Å². The SMILES string of the molecule is CCc1nn(C)cc1C(=O)c1ccc(OC)c(Br)c1OC. The molecule has 0 saturated heterocycles. The van der Waals surface area contributed by atoms with E-state index in [-0.39, 0.29) is 5.78 Å². The molecule has 5 nitrogen and oxygen atoms in total. The standard InChI is InChI=1S/C15H17BrN2O3/c1-5-11-10(8-18(2)17-11)14(19)9-6-7-12(20-3)13(16)15(9)21-4/h6-8H,5H2,1-4H3. The van der Waals surface area contributed by atoms with Crippen LogP contribution >= 0.6 is 15.9 Å². The van der Waals surface area contributed by atoms with Gasteiger partial charge < -0.3 is 9.47 Å². The van der Waals surface area contributed by atoms with Gasteiger partial charge >= 0.3 is 0 Å². The molecule has 0 unspecified atom stereocenters. The number of hydrogen-bond acceptors (Lipinski definition) is 4. The minimum absolute atomic E-state index is 0.111. The summed E-state index contributed by atoms with van der Waals surface area (Å²) in [7, 11) is 4.90. The Kier molecular flexibility index (Phi) is 4.67. The van der Waals surface area contributed by atoms with E-state index in [0.29, 0.717) is 33.5 Å². The molecule has 0 spiro atoms. The predicted molar refractivity (Wildman–Crippen MR) is 83.3 cm³/mol. The molecule has 0 aliphatic heterocycles. The van der Waals surface area contributed by atoms with Gasteiger partial charge in [0.15, 0.2) is 5.78 Å². The lowest BCUT2D eigenvalue weighted by Crippen LogP contribution is -2.06. The van der Waals surface area contributed by atoms with Crippen molar-refractivity contribution in [3.8, 4) is 11.5 Å². The minimum atomic E-state index is -0.111. The lowest BCUT2D eigenvalue weighted by molar-refractivity contribution is 0.103. The van der Waals surface area contributed by atoms with Crippen molar-refractivity contribution in [2.24, 2.45) is 7.05 Å². The highest BCUT2D eigenvalue weighted by Gasteiger charge is 2.22. The van der Waals surface area contributed by atoms with E-state index in [2.05, 4.69) is 21.0 Å². The van der Waals surface area contributed by atoms with Gasteiger partial charge in [0.25, 0.3) is 0 Å². The van der Waals surface area contributed by atoms with E-state index in [1.165, 1.54) is 7.11 Å². The topological polar surface area (TPSA) is 53.4 Å². The Morgan fingerprint density at radius 2 is 2.00 bits per heavy atom. The number of aromatic nitrogens is 2. The first-order valence-corrected chi connectivity index (χ1v) is 7.30. The van der Waals surface area contributed by atoms with Gasteiger partial charge in [-0.1, -0.05) is 6.92 Å². The van der Waals surface area contributed by atoms with E-state index in [9.17, 15) is 4.79 Å². The largest absolute Gasteiger partial charge is 0.495 e. The fraction of sp³-hybridized carbons (Fsp3) is 0.333. The number of rotatable bonds is 5. The monoisotopic (exact) mass is 352 g/mol. The third-order valence-corrected chi connectivity index (χ3v) is 3.97. The van der Waals surface area contributed by atoms with Crippen LogP contribution in [0.15, 0.2) is 22.8 Å². The molecule has 1 aromatic heterocycles. The van der Waals surface area contributed by atoms with Gasteiger partial charge in [0.1, 0.15) is 16.0 Å². The summed E-state index contributed by atoms with van der Waals surface area (Å²) >= 11 is 3.41. The zero-order valence-corrected chi connectivity index (χ0v) is 14.0. The van der Waals surface area contributed by atoms with Crippen molar-refractivity contribution >= 4 is 21.7 Å². The molecule has 1 aromatic carbocycles. The molecule has 2 aromatic rings. The molecule has 0 atom stereocenters. The summed E-state index contributed by atoms with van der Waals surface area (Å²) in [5.74, 6) is 0.968. The average molecular weight is 353 g/mol. The second-order valence-electron chi connectivity index (χ2n) is 4.51. The molecule has 0 N–H and O–H groups in total. The summed E-state index contributed by atoms with van der Waals surface area (Å²) in [5.41, 5.74) is 1.85. The summed E-state index contributed by atoms with van der Waals surface area (Å²) in [6.45, 7) is 1.97. The van der Waals surface area contributed by atoms with Crippen LogP contribution in [0.25, 0.3) is 0 Å². The molecule has 112 valence electrons. The van der Waals surface area contributed by atoms with Crippen molar-refractivity contribution < 1.29 is 14.3 Å². The molecular formula is C15H17BrN2O3. The van der Waals surface area contributed by atoms with E-state index in [1.807, 2.05) is 6.92 Å². The molecule has 0 aliphatic rings. The summed E-state index contributed by atoms with van der Waals surface area (Å²) in [6.07, 6.45) is 2.43. The van der Waals surface area contributed by atoms with E-state index >= 15 is 0 Å². The van der Waals surface area contributed by atoms with Gasteiger partial charge in [-0.2, -0.15) is 5.10 Å². The van der Waals surface area contributed by atoms with Crippen molar-refractivity contribution in [3.05, 3.63) is 39.6 Å². The van der Waals surface area contributed by atoms with Crippen molar-refractivity contribution in [2.45, 2.75) is 13.3 Å². The van der Waals surface area contributed by atoms with Crippen molar-refractivity contribution in [1.29, 1.82) is 0 Å². The number of carbonyl (C=O) groups is 1. The minimum Gasteiger partial charge on any atom is -0.495 e. The Hall–Kier alpha value is -1.82. The van der Waals surface area contributed by atoms with Crippen LogP contribution in [0.5, 0.6) is 11.5 Å². The number of hydrogen-bond donors (Lipinski definition) is 0. The van der Waals surface area contributed by atoms with Crippen LogP contribution < -0.4 is 9.47 Å². The van der Waals surface area contributed by atoms with Gasteiger partial charge in [-0.3, -0.25) is 9.48 Å². The van der Waals surface area contributed by atoms with Crippen molar-refractivity contribution in [3.63, 3.8) is 0 Å². The number of carbonyl (C=O) groups excluding carboxylic acids is 1. The van der Waals surface area contributed by atoms with Gasteiger partial charge in [-0.25, -0.2) is 0 Å². The highest BCUT2D eigenvalue weighted by Crippen LogP contribution is 2.38. The highest BCUT2D eigenvalue weighted by molar-refractivity contribution is 9.10. The smallest absolute Gasteiger partial charge is 0.200 e. The van der Waals surface area contributed by atoms with E-state index in [4.69, 9.17) is 9.47 Å². The Morgan fingerprint density at radius 3 is 2.57 bits per heavy atom. The fourth-order valence-electron chi connectivity index (χ4n) is 2.20. The molecule has 2 rings (SSSR count). The van der Waals surface area contributed by atoms with Gasteiger partial charge in [0.2, 0.25) is 0 Å². The number of aryl methyl sites for hydroxylation is 2. The van der Waals surface area contributed by atoms with Crippen LogP contribution in [0.4, 0.5) is 0 Å². The number of methoxy groups -OCH3 is 2. The number of ketones is 1. The normalized spacial score (nSPS) is 10.5. The molecule has 1 heterocycles. The van der Waals surface area contributed by atoms with Crippen LogP contribution in [0.2, 0.25) is 0 Å². The Morgan fingerprint density at radius 1 is 1.29 bits per heavy atom. The lowest BCUT2D eigenvalue weighted by Gasteiger charge is -2.12. The second kappa shape index (κ2) is 6.30. The summed E-state index contributed by atoms with van der Waals surface area (Å²) in [4.78, 5) is 12.8. The third-order valence-electron chi connectivity index (χ3n) is 3.22. The molecule has 0 saturated carbocycles. The molecule has 0 bridgehead atoms. The second-order valence-corrected chi connectivity index (χ2v) is 5.30. The number of benzene rings is 1. The maximum Gasteiger partial charge on any atom is 0.200 e. The molecule has 21 heavy (non-hydrogen) atoms. The maximum atomic E-state index is 12.8. The first-order chi connectivity index (χ1) is 10.0. The van der Waals surface area contributed by atoms with Crippen LogP contribution in [-0.4, -0.2) is 29.8 Å². The number of nitrogens with zero attached hydrogens (tertiary/aromatic N) is 2. The van der Waals surface area contributed by atoms with Crippen LogP contribution in [0, 0.1) is 0 Å². The Bertz CT molecular complexity index is 680. The molecule has 0 fully saturated rings. The number of halogens is 1. The quantitative estimate of drug-likeness (QED) is 0.776. The molecule has 0 radical (unpaired) electrons. The van der Waals surface area contributed by atoms with Gasteiger partial charge in [0.05, 0.1) is 31.0 Å². The zero-order chi connectivity index (χ0) is 15.6. The van der Waals surface area contributed by atoms with Crippen LogP contribution in [0.1, 0.15) is 28.5 Å². The maximum absolute atomic E-state index is 12.8. The first kappa shape index (κ1) is 15.6. The van der Waals surface area contributed by atoms with Crippen molar-refractivity contribution in [2.75, 3.05) is 14.2 Å². The lowest BCUT2D eigenvalue weighted by atomic mass is 10.0. The zero-order valence-electron chi connectivity index (χ0n) is 12.4. The average Bonchev–Trinajstić information content (AvgIpc) is 2.87. The molecular weight excluding hydrogens is 336 g/mol. The first-order valence-electron chi connectivity index (χ1n) is 6.51. The molecule has 0 aliphatic carbocycles. The fourth-order valence-corrected chi connectivity index (χ4v) is 2.87. The van der Waals surface area contributed by atoms with Crippen LogP contribution in [-0.2, 0) is 13.5 Å². The third kappa shape index (κ3) is 2.81. The number of ether oxygens (including phenoxy) is 2. The predicted octanol–water partition coefficient (Wildman–Crippen LogP) is 2.99. The van der Waals surface area contributed by atoms with Crippen molar-refractivity contribution in [1.82, 2.24) is 9.78 Å². The van der Waals surface area contributed by atoms with Gasteiger partial charge in [0, 0.05) is 13.2 Å². The molecule has 6 heteroatoms. The van der Waals surface area contributed by atoms with Gasteiger partial charge in [-0.15, -0.1) is 0 Å².